The Kier molecular flexibility index (Phi) is 6.51. The number of halogens is 3. The molecule has 0 bridgehead atoms. The predicted octanol–water partition coefficient (Wildman–Crippen LogP) is 3.84. The topological polar surface area (TPSA) is 41.1 Å². The van der Waals surface area contributed by atoms with Crippen LogP contribution in [0.2, 0.25) is 0 Å². The van der Waals surface area contributed by atoms with E-state index in [1.54, 1.807) is 25.1 Å². The lowest BCUT2D eigenvalue weighted by Crippen LogP contribution is -2.45. The number of benzene rings is 2. The first-order valence-electron chi connectivity index (χ1n) is 8.12. The van der Waals surface area contributed by atoms with E-state index < -0.39 is 5.82 Å². The van der Waals surface area contributed by atoms with Gasteiger partial charge in [0.05, 0.1) is 0 Å². The van der Waals surface area contributed by atoms with Gasteiger partial charge in [0, 0.05) is 23.7 Å². The lowest BCUT2D eigenvalue weighted by atomic mass is 9.98. The van der Waals surface area contributed by atoms with Crippen LogP contribution in [0.15, 0.2) is 36.4 Å². The average Bonchev–Trinajstić information content (AvgIpc) is 2.56. The molecule has 0 saturated carbocycles. The highest BCUT2D eigenvalue weighted by molar-refractivity contribution is 5.95. The van der Waals surface area contributed by atoms with Crippen molar-refractivity contribution in [2.75, 3.05) is 13.1 Å². The zero-order valence-corrected chi connectivity index (χ0v) is 14.8. The van der Waals surface area contributed by atoms with Gasteiger partial charge in [-0.3, -0.25) is 4.79 Å². The van der Waals surface area contributed by atoms with Crippen molar-refractivity contribution in [2.45, 2.75) is 25.8 Å². The summed E-state index contributed by atoms with van der Waals surface area (Å²) < 4.78 is 27.7. The van der Waals surface area contributed by atoms with Gasteiger partial charge >= 0.3 is 0 Å². The second-order valence-corrected chi connectivity index (χ2v) is 6.17. The van der Waals surface area contributed by atoms with E-state index in [2.05, 4.69) is 10.6 Å². The molecule has 1 saturated heterocycles. The Bertz CT molecular complexity index is 761. The van der Waals surface area contributed by atoms with E-state index in [0.717, 1.165) is 25.9 Å². The van der Waals surface area contributed by atoms with E-state index >= 15 is 0 Å². The molecule has 2 aromatic carbocycles. The van der Waals surface area contributed by atoms with Crippen LogP contribution in [0.25, 0.3) is 11.1 Å². The Morgan fingerprint density at radius 1 is 1.16 bits per heavy atom. The minimum Gasteiger partial charge on any atom is -0.348 e. The Morgan fingerprint density at radius 3 is 2.56 bits per heavy atom. The first-order valence-corrected chi connectivity index (χ1v) is 8.12. The van der Waals surface area contributed by atoms with Crippen molar-refractivity contribution in [1.82, 2.24) is 10.6 Å². The standard InChI is InChI=1S/C19H20F2N2O.ClH/c1-12-9-14(20)5-7-16(12)17-6-4-13(10-18(17)21)19(24)23-15-3-2-8-22-11-15;/h4-7,9-10,15,22H,2-3,8,11H2,1H3,(H,23,24);1H/t15-;/m0./s1. The molecule has 134 valence electrons. The maximum atomic E-state index is 14.5. The maximum Gasteiger partial charge on any atom is 0.251 e. The largest absolute Gasteiger partial charge is 0.348 e. The fraction of sp³-hybridized carbons (Fsp3) is 0.316. The van der Waals surface area contributed by atoms with Crippen molar-refractivity contribution >= 4 is 18.3 Å². The van der Waals surface area contributed by atoms with E-state index in [4.69, 9.17) is 0 Å². The van der Waals surface area contributed by atoms with Crippen LogP contribution < -0.4 is 10.6 Å². The second-order valence-electron chi connectivity index (χ2n) is 6.17. The van der Waals surface area contributed by atoms with Gasteiger partial charge in [0.15, 0.2) is 0 Å². The molecule has 0 aromatic heterocycles. The molecule has 1 atom stereocenters. The molecular weight excluding hydrogens is 346 g/mol. The van der Waals surface area contributed by atoms with Gasteiger partial charge in [0.1, 0.15) is 11.6 Å². The van der Waals surface area contributed by atoms with Crippen molar-refractivity contribution in [3.05, 3.63) is 59.2 Å². The minimum atomic E-state index is -0.487. The first-order chi connectivity index (χ1) is 11.5. The highest BCUT2D eigenvalue weighted by atomic mass is 35.5. The Morgan fingerprint density at radius 2 is 1.92 bits per heavy atom. The molecular formula is C19H21ClF2N2O. The first kappa shape index (κ1) is 19.3. The van der Waals surface area contributed by atoms with Crippen LogP contribution in [0.1, 0.15) is 28.8 Å². The number of carbonyl (C=O) groups excluding carboxylic acids is 1. The van der Waals surface area contributed by atoms with Crippen LogP contribution in [0.3, 0.4) is 0 Å². The van der Waals surface area contributed by atoms with Gasteiger partial charge in [0.25, 0.3) is 5.91 Å². The van der Waals surface area contributed by atoms with Crippen molar-refractivity contribution in [3.8, 4) is 11.1 Å². The van der Waals surface area contributed by atoms with Crippen molar-refractivity contribution in [1.29, 1.82) is 0 Å². The number of nitrogens with one attached hydrogen (secondary N) is 2. The zero-order chi connectivity index (χ0) is 17.1. The van der Waals surface area contributed by atoms with Crippen molar-refractivity contribution in [3.63, 3.8) is 0 Å². The number of piperidine rings is 1. The molecule has 3 rings (SSSR count). The second kappa shape index (κ2) is 8.41. The van der Waals surface area contributed by atoms with Crippen molar-refractivity contribution < 1.29 is 13.6 Å². The van der Waals surface area contributed by atoms with Crippen LogP contribution in [-0.2, 0) is 0 Å². The van der Waals surface area contributed by atoms with Crippen molar-refractivity contribution in [2.24, 2.45) is 0 Å². The predicted molar refractivity (Wildman–Crippen MR) is 97.1 cm³/mol. The third-order valence-electron chi connectivity index (χ3n) is 4.34. The van der Waals surface area contributed by atoms with Gasteiger partial charge < -0.3 is 10.6 Å². The van der Waals surface area contributed by atoms with E-state index in [0.29, 0.717) is 22.3 Å². The fourth-order valence-corrected chi connectivity index (χ4v) is 3.05. The fourth-order valence-electron chi connectivity index (χ4n) is 3.05. The monoisotopic (exact) mass is 366 g/mol. The third kappa shape index (κ3) is 4.55. The summed E-state index contributed by atoms with van der Waals surface area (Å²) in [4.78, 5) is 12.3. The lowest BCUT2D eigenvalue weighted by Gasteiger charge is -2.23. The number of aryl methyl sites for hydroxylation is 1. The molecule has 25 heavy (non-hydrogen) atoms. The Labute approximate surface area is 152 Å². The summed E-state index contributed by atoms with van der Waals surface area (Å²) in [6.07, 6.45) is 1.94. The molecule has 2 N–H and O–H groups in total. The molecule has 1 amide bonds. The normalized spacial score (nSPS) is 16.8. The van der Waals surface area contributed by atoms with Gasteiger partial charge in [-0.2, -0.15) is 0 Å². The highest BCUT2D eigenvalue weighted by Gasteiger charge is 2.18. The number of carbonyl (C=O) groups is 1. The van der Waals surface area contributed by atoms with Gasteiger partial charge in [-0.05, 0) is 61.7 Å². The zero-order valence-electron chi connectivity index (χ0n) is 13.9. The minimum absolute atomic E-state index is 0. The lowest BCUT2D eigenvalue weighted by molar-refractivity contribution is 0.0930. The summed E-state index contributed by atoms with van der Waals surface area (Å²) in [5.74, 6) is -1.11. The Balaban J connectivity index is 0.00000225. The number of rotatable bonds is 3. The van der Waals surface area contributed by atoms with E-state index in [1.165, 1.54) is 18.2 Å². The molecule has 6 heteroatoms. The number of hydrogen-bond donors (Lipinski definition) is 2. The molecule has 0 unspecified atom stereocenters. The SMILES string of the molecule is Cc1cc(F)ccc1-c1ccc(C(=O)N[C@H]2CCCNC2)cc1F.Cl. The third-order valence-corrected chi connectivity index (χ3v) is 4.34. The Hall–Kier alpha value is -1.98. The maximum absolute atomic E-state index is 14.5. The molecule has 1 heterocycles. The summed E-state index contributed by atoms with van der Waals surface area (Å²) in [7, 11) is 0. The van der Waals surface area contributed by atoms with Crippen LogP contribution in [0.4, 0.5) is 8.78 Å². The summed E-state index contributed by atoms with van der Waals surface area (Å²) in [6, 6.07) is 8.72. The molecule has 2 aromatic rings. The van der Waals surface area contributed by atoms with Gasteiger partial charge in [0.2, 0.25) is 0 Å². The summed E-state index contributed by atoms with van der Waals surface area (Å²) in [5, 5.41) is 6.15. The molecule has 0 radical (unpaired) electrons. The molecule has 1 aliphatic heterocycles. The van der Waals surface area contributed by atoms with E-state index in [1.807, 2.05) is 0 Å². The van der Waals surface area contributed by atoms with Gasteiger partial charge in [-0.1, -0.05) is 12.1 Å². The quantitative estimate of drug-likeness (QED) is 0.866. The molecule has 1 fully saturated rings. The summed E-state index contributed by atoms with van der Waals surface area (Å²) in [6.45, 7) is 3.43. The summed E-state index contributed by atoms with van der Waals surface area (Å²) in [5.41, 5.74) is 1.93. The summed E-state index contributed by atoms with van der Waals surface area (Å²) >= 11 is 0. The average molecular weight is 367 g/mol. The van der Waals surface area contributed by atoms with Crippen LogP contribution >= 0.6 is 12.4 Å². The van der Waals surface area contributed by atoms with Gasteiger partial charge in [-0.15, -0.1) is 12.4 Å². The molecule has 3 nitrogen and oxygen atoms in total. The van der Waals surface area contributed by atoms with E-state index in [-0.39, 0.29) is 30.2 Å². The molecule has 1 aliphatic rings. The number of amides is 1. The number of hydrogen-bond acceptors (Lipinski definition) is 2. The highest BCUT2D eigenvalue weighted by Crippen LogP contribution is 2.27. The molecule has 0 aliphatic carbocycles. The molecule has 0 spiro atoms. The van der Waals surface area contributed by atoms with E-state index in [9.17, 15) is 13.6 Å². The van der Waals surface area contributed by atoms with Crippen LogP contribution in [0.5, 0.6) is 0 Å². The smallest absolute Gasteiger partial charge is 0.251 e. The van der Waals surface area contributed by atoms with Crippen LogP contribution in [0, 0.1) is 18.6 Å². The van der Waals surface area contributed by atoms with Gasteiger partial charge in [-0.25, -0.2) is 8.78 Å². The van der Waals surface area contributed by atoms with Crippen LogP contribution in [-0.4, -0.2) is 25.0 Å².